The number of nitro benzene ring substituents is 1. The van der Waals surface area contributed by atoms with Crippen molar-refractivity contribution in [3.05, 3.63) is 64.2 Å². The van der Waals surface area contributed by atoms with Gasteiger partial charge in [-0.25, -0.2) is 0 Å². The number of ether oxygens (including phenoxy) is 1. The number of nitro groups is 1. The molecule has 1 fully saturated rings. The number of para-hydroxylation sites is 3. The van der Waals surface area contributed by atoms with Gasteiger partial charge < -0.3 is 14.5 Å². The topological polar surface area (TPSA) is 93.0 Å². The van der Waals surface area contributed by atoms with E-state index in [0.717, 1.165) is 17.7 Å². The van der Waals surface area contributed by atoms with Crippen LogP contribution in [-0.2, 0) is 20.7 Å². The monoisotopic (exact) mass is 423 g/mol. The maximum atomic E-state index is 12.8. The summed E-state index contributed by atoms with van der Waals surface area (Å²) in [6, 6.07) is 14.4. The minimum atomic E-state index is -0.855. The van der Waals surface area contributed by atoms with Crippen LogP contribution >= 0.6 is 0 Å². The fourth-order valence-corrected chi connectivity index (χ4v) is 4.35. The Kier molecular flexibility index (Phi) is 5.88. The van der Waals surface area contributed by atoms with Crippen molar-refractivity contribution in [2.45, 2.75) is 32.3 Å². The number of nitrogens with zero attached hydrogens (tertiary/aromatic N) is 3. The highest BCUT2D eigenvalue weighted by molar-refractivity contribution is 5.99. The molecule has 0 N–H and O–H groups in total. The number of benzene rings is 2. The highest BCUT2D eigenvalue weighted by Gasteiger charge is 2.33. The third-order valence-electron chi connectivity index (χ3n) is 6.04. The Morgan fingerprint density at radius 1 is 1.03 bits per heavy atom. The van der Waals surface area contributed by atoms with Gasteiger partial charge in [0.25, 0.3) is 11.6 Å². The van der Waals surface area contributed by atoms with Crippen LogP contribution in [0.4, 0.5) is 17.1 Å². The van der Waals surface area contributed by atoms with E-state index in [-0.39, 0.29) is 28.4 Å². The summed E-state index contributed by atoms with van der Waals surface area (Å²) in [6.45, 7) is 3.25. The van der Waals surface area contributed by atoms with Crippen LogP contribution in [0.15, 0.2) is 48.5 Å². The Morgan fingerprint density at radius 2 is 1.68 bits per heavy atom. The average Bonchev–Trinajstić information content (AvgIpc) is 3.22. The summed E-state index contributed by atoms with van der Waals surface area (Å²) in [4.78, 5) is 40.0. The SMILES string of the molecule is C[C@@H](OC(=O)C1CCN(c2ccccc2[N+](=O)[O-])CC1)C(=O)N1CCc2ccccc21. The molecule has 2 aliphatic heterocycles. The molecule has 0 spiro atoms. The standard InChI is InChI=1S/C23H25N3O5/c1-16(22(27)25-15-12-17-6-2-3-7-19(17)25)31-23(28)18-10-13-24(14-11-18)20-8-4-5-9-21(20)26(29)30/h2-9,16,18H,10-15H2,1H3/t16-/m1/s1. The van der Waals surface area contributed by atoms with Crippen LogP contribution in [0.1, 0.15) is 25.3 Å². The zero-order valence-corrected chi connectivity index (χ0v) is 17.4. The number of amides is 1. The third kappa shape index (κ3) is 4.23. The zero-order chi connectivity index (χ0) is 22.0. The van der Waals surface area contributed by atoms with E-state index in [0.29, 0.717) is 38.2 Å². The van der Waals surface area contributed by atoms with Gasteiger partial charge in [0.2, 0.25) is 0 Å². The number of anilines is 2. The van der Waals surface area contributed by atoms with Crippen molar-refractivity contribution in [2.24, 2.45) is 5.92 Å². The van der Waals surface area contributed by atoms with Crippen molar-refractivity contribution in [3.63, 3.8) is 0 Å². The van der Waals surface area contributed by atoms with Crippen LogP contribution in [-0.4, -0.2) is 42.5 Å². The molecule has 4 rings (SSSR count). The number of carbonyl (C=O) groups is 2. The molecule has 2 heterocycles. The van der Waals surface area contributed by atoms with Gasteiger partial charge in [0, 0.05) is 31.4 Å². The quantitative estimate of drug-likeness (QED) is 0.416. The van der Waals surface area contributed by atoms with Gasteiger partial charge in [0.15, 0.2) is 6.10 Å². The molecular formula is C23H25N3O5. The van der Waals surface area contributed by atoms with Crippen LogP contribution < -0.4 is 9.80 Å². The van der Waals surface area contributed by atoms with E-state index in [9.17, 15) is 19.7 Å². The number of esters is 1. The summed E-state index contributed by atoms with van der Waals surface area (Å²) in [7, 11) is 0. The van der Waals surface area contributed by atoms with E-state index in [1.807, 2.05) is 29.2 Å². The maximum Gasteiger partial charge on any atom is 0.309 e. The largest absolute Gasteiger partial charge is 0.452 e. The van der Waals surface area contributed by atoms with Gasteiger partial charge in [-0.3, -0.25) is 19.7 Å². The highest BCUT2D eigenvalue weighted by atomic mass is 16.6. The number of piperidine rings is 1. The van der Waals surface area contributed by atoms with E-state index in [4.69, 9.17) is 4.74 Å². The van der Waals surface area contributed by atoms with Gasteiger partial charge in [0.05, 0.1) is 10.8 Å². The molecule has 1 amide bonds. The van der Waals surface area contributed by atoms with Crippen molar-refractivity contribution < 1.29 is 19.2 Å². The van der Waals surface area contributed by atoms with Crippen molar-refractivity contribution in [3.8, 4) is 0 Å². The van der Waals surface area contributed by atoms with Crippen LogP contribution in [0.2, 0.25) is 0 Å². The molecule has 1 atom stereocenters. The summed E-state index contributed by atoms with van der Waals surface area (Å²) in [6.07, 6.45) is 0.996. The highest BCUT2D eigenvalue weighted by Crippen LogP contribution is 2.32. The molecule has 0 radical (unpaired) electrons. The number of hydrogen-bond acceptors (Lipinski definition) is 6. The Labute approximate surface area is 180 Å². The molecule has 2 aromatic rings. The molecule has 8 nitrogen and oxygen atoms in total. The van der Waals surface area contributed by atoms with Crippen molar-refractivity contribution in [1.29, 1.82) is 0 Å². The van der Waals surface area contributed by atoms with Crippen molar-refractivity contribution in [1.82, 2.24) is 0 Å². The summed E-state index contributed by atoms with van der Waals surface area (Å²) >= 11 is 0. The van der Waals surface area contributed by atoms with E-state index in [2.05, 4.69) is 0 Å². The molecule has 2 aliphatic rings. The average molecular weight is 423 g/mol. The molecule has 0 aliphatic carbocycles. The van der Waals surface area contributed by atoms with Gasteiger partial charge in [0.1, 0.15) is 5.69 Å². The van der Waals surface area contributed by atoms with E-state index >= 15 is 0 Å². The Balaban J connectivity index is 1.33. The second kappa shape index (κ2) is 8.75. The summed E-state index contributed by atoms with van der Waals surface area (Å²) in [5, 5.41) is 11.3. The van der Waals surface area contributed by atoms with E-state index < -0.39 is 6.10 Å². The van der Waals surface area contributed by atoms with Crippen molar-refractivity contribution in [2.75, 3.05) is 29.4 Å². The fourth-order valence-electron chi connectivity index (χ4n) is 4.35. The van der Waals surface area contributed by atoms with Gasteiger partial charge in [-0.15, -0.1) is 0 Å². The van der Waals surface area contributed by atoms with Crippen molar-refractivity contribution >= 4 is 28.9 Å². The Bertz CT molecular complexity index is 1000. The lowest BCUT2D eigenvalue weighted by atomic mass is 9.96. The zero-order valence-electron chi connectivity index (χ0n) is 17.4. The Morgan fingerprint density at radius 3 is 2.39 bits per heavy atom. The molecule has 162 valence electrons. The Hall–Kier alpha value is -3.42. The van der Waals surface area contributed by atoms with Crippen LogP contribution in [0.3, 0.4) is 0 Å². The van der Waals surface area contributed by atoms with Gasteiger partial charge >= 0.3 is 5.97 Å². The second-order valence-electron chi connectivity index (χ2n) is 7.95. The summed E-state index contributed by atoms with van der Waals surface area (Å²) in [5.41, 5.74) is 2.63. The van der Waals surface area contributed by atoms with Gasteiger partial charge in [-0.2, -0.15) is 0 Å². The van der Waals surface area contributed by atoms with E-state index in [1.54, 1.807) is 30.0 Å². The fraction of sp³-hybridized carbons (Fsp3) is 0.391. The van der Waals surface area contributed by atoms with Gasteiger partial charge in [-0.05, 0) is 43.9 Å². The normalized spacial score (nSPS) is 17.2. The maximum absolute atomic E-state index is 12.8. The molecule has 8 heteroatoms. The molecule has 2 aromatic carbocycles. The number of fused-ring (bicyclic) bond motifs is 1. The summed E-state index contributed by atoms with van der Waals surface area (Å²) in [5.74, 6) is -0.911. The predicted molar refractivity (Wildman–Crippen MR) is 116 cm³/mol. The smallest absolute Gasteiger partial charge is 0.309 e. The molecule has 0 unspecified atom stereocenters. The number of rotatable bonds is 5. The first-order valence-corrected chi connectivity index (χ1v) is 10.5. The first kappa shape index (κ1) is 20.8. The predicted octanol–water partition coefficient (Wildman–Crippen LogP) is 3.33. The first-order chi connectivity index (χ1) is 15.0. The number of carbonyl (C=O) groups excluding carboxylic acids is 2. The summed E-state index contributed by atoms with van der Waals surface area (Å²) < 4.78 is 5.53. The number of hydrogen-bond donors (Lipinski definition) is 0. The first-order valence-electron chi connectivity index (χ1n) is 10.5. The van der Waals surface area contributed by atoms with Crippen LogP contribution in [0.25, 0.3) is 0 Å². The molecule has 0 saturated carbocycles. The molecule has 0 aromatic heterocycles. The molecule has 0 bridgehead atoms. The minimum absolute atomic E-state index is 0.0636. The molecule has 1 saturated heterocycles. The molecule has 31 heavy (non-hydrogen) atoms. The minimum Gasteiger partial charge on any atom is -0.452 e. The lowest BCUT2D eigenvalue weighted by molar-refractivity contribution is -0.384. The third-order valence-corrected chi connectivity index (χ3v) is 6.04. The molecular weight excluding hydrogens is 398 g/mol. The lowest BCUT2D eigenvalue weighted by Crippen LogP contribution is -2.42. The lowest BCUT2D eigenvalue weighted by Gasteiger charge is -2.32. The second-order valence-corrected chi connectivity index (χ2v) is 7.95. The van der Waals surface area contributed by atoms with Crippen LogP contribution in [0, 0.1) is 16.0 Å². The van der Waals surface area contributed by atoms with Crippen LogP contribution in [0.5, 0.6) is 0 Å². The van der Waals surface area contributed by atoms with E-state index in [1.165, 1.54) is 6.07 Å². The van der Waals surface area contributed by atoms with Gasteiger partial charge in [-0.1, -0.05) is 30.3 Å².